The van der Waals surface area contributed by atoms with Crippen molar-refractivity contribution in [2.24, 2.45) is 0 Å². The molecule has 0 atom stereocenters. The highest BCUT2D eigenvalue weighted by atomic mass is 79.9. The summed E-state index contributed by atoms with van der Waals surface area (Å²) in [5.41, 5.74) is 1.87. The van der Waals surface area contributed by atoms with E-state index < -0.39 is 0 Å². The number of hydrogen-bond acceptors (Lipinski definition) is 5. The third-order valence-corrected chi connectivity index (χ3v) is 5.95. The fraction of sp³-hybridized carbons (Fsp3) is 0.240. The second kappa shape index (κ2) is 11.0. The number of nitrogens with zero attached hydrogens (tertiary/aromatic N) is 3. The van der Waals surface area contributed by atoms with Gasteiger partial charge in [0.2, 0.25) is 0 Å². The molecule has 0 radical (unpaired) electrons. The number of ether oxygens (including phenoxy) is 1. The summed E-state index contributed by atoms with van der Waals surface area (Å²) in [4.78, 5) is 33.6. The monoisotopic (exact) mass is 523 g/mol. The molecule has 8 nitrogen and oxygen atoms in total. The van der Waals surface area contributed by atoms with Crippen molar-refractivity contribution >= 4 is 45.1 Å². The van der Waals surface area contributed by atoms with Crippen LogP contribution in [0.25, 0.3) is 0 Å². The van der Waals surface area contributed by atoms with Crippen molar-refractivity contribution in [1.29, 1.82) is 0 Å². The number of hydrogen-bond donors (Lipinski definition) is 2. The van der Waals surface area contributed by atoms with Gasteiger partial charge < -0.3 is 25.2 Å². The van der Waals surface area contributed by atoms with Crippen molar-refractivity contribution < 1.29 is 14.3 Å². The van der Waals surface area contributed by atoms with Crippen LogP contribution in [0.4, 0.5) is 22.0 Å². The Bertz CT molecular complexity index is 1130. The predicted molar refractivity (Wildman–Crippen MR) is 137 cm³/mol. The number of piperazine rings is 1. The molecular formula is C25H26BrN5O3. The fourth-order valence-electron chi connectivity index (χ4n) is 3.70. The summed E-state index contributed by atoms with van der Waals surface area (Å²) < 4.78 is 6.49. The van der Waals surface area contributed by atoms with Gasteiger partial charge in [-0.05, 0) is 55.5 Å². The molecule has 0 spiro atoms. The van der Waals surface area contributed by atoms with E-state index in [-0.39, 0.29) is 11.9 Å². The van der Waals surface area contributed by atoms with E-state index in [0.29, 0.717) is 55.5 Å². The first-order valence-electron chi connectivity index (χ1n) is 11.1. The Balaban J connectivity index is 1.30. The number of carbonyl (C=O) groups excluding carboxylic acids is 2. The van der Waals surface area contributed by atoms with E-state index >= 15 is 0 Å². The maximum atomic E-state index is 12.7. The molecule has 0 saturated carbocycles. The van der Waals surface area contributed by atoms with Crippen LogP contribution in [0.3, 0.4) is 0 Å². The molecule has 3 aromatic rings. The van der Waals surface area contributed by atoms with Gasteiger partial charge in [-0.3, -0.25) is 4.79 Å². The molecule has 0 unspecified atom stereocenters. The summed E-state index contributed by atoms with van der Waals surface area (Å²) in [5, 5.41) is 5.59. The van der Waals surface area contributed by atoms with Crippen molar-refractivity contribution in [2.75, 3.05) is 48.3 Å². The van der Waals surface area contributed by atoms with Gasteiger partial charge in [0.05, 0.1) is 24.2 Å². The zero-order chi connectivity index (χ0) is 23.9. The highest BCUT2D eigenvalue weighted by Gasteiger charge is 2.23. The number of nitrogens with one attached hydrogen (secondary N) is 2. The summed E-state index contributed by atoms with van der Waals surface area (Å²) in [5.74, 6) is 1.46. The molecule has 34 heavy (non-hydrogen) atoms. The summed E-state index contributed by atoms with van der Waals surface area (Å²) in [6.07, 6.45) is 1.63. The van der Waals surface area contributed by atoms with Gasteiger partial charge in [-0.1, -0.05) is 28.1 Å². The van der Waals surface area contributed by atoms with Crippen molar-refractivity contribution in [3.05, 3.63) is 76.9 Å². The first kappa shape index (κ1) is 23.6. The van der Waals surface area contributed by atoms with E-state index in [1.807, 2.05) is 66.4 Å². The lowest BCUT2D eigenvalue weighted by Crippen LogP contribution is -2.49. The van der Waals surface area contributed by atoms with Gasteiger partial charge in [0.15, 0.2) is 0 Å². The Morgan fingerprint density at radius 2 is 1.71 bits per heavy atom. The van der Waals surface area contributed by atoms with Crippen LogP contribution in [0, 0.1) is 0 Å². The first-order valence-corrected chi connectivity index (χ1v) is 11.9. The topological polar surface area (TPSA) is 86.8 Å². The molecule has 1 saturated heterocycles. The number of anilines is 3. The summed E-state index contributed by atoms with van der Waals surface area (Å²) in [6.45, 7) is 5.03. The number of amides is 3. The molecule has 1 fully saturated rings. The van der Waals surface area contributed by atoms with E-state index in [9.17, 15) is 9.59 Å². The molecule has 0 aliphatic carbocycles. The third kappa shape index (κ3) is 5.85. The molecule has 2 heterocycles. The number of pyridine rings is 1. The molecule has 1 aliphatic heterocycles. The van der Waals surface area contributed by atoms with Crippen LogP contribution in [-0.2, 0) is 0 Å². The van der Waals surface area contributed by atoms with Gasteiger partial charge in [0.25, 0.3) is 5.91 Å². The van der Waals surface area contributed by atoms with Crippen LogP contribution >= 0.6 is 15.9 Å². The van der Waals surface area contributed by atoms with Crippen LogP contribution in [0.2, 0.25) is 0 Å². The van der Waals surface area contributed by atoms with E-state index in [1.54, 1.807) is 12.3 Å². The third-order valence-electron chi connectivity index (χ3n) is 5.42. The van der Waals surface area contributed by atoms with Crippen molar-refractivity contribution in [2.45, 2.75) is 6.92 Å². The maximum absolute atomic E-state index is 12.7. The zero-order valence-electron chi connectivity index (χ0n) is 18.8. The Morgan fingerprint density at radius 1 is 0.971 bits per heavy atom. The predicted octanol–water partition coefficient (Wildman–Crippen LogP) is 4.85. The van der Waals surface area contributed by atoms with Gasteiger partial charge in [-0.15, -0.1) is 0 Å². The minimum atomic E-state index is -0.373. The summed E-state index contributed by atoms with van der Waals surface area (Å²) in [6, 6.07) is 18.0. The lowest BCUT2D eigenvalue weighted by Gasteiger charge is -2.35. The summed E-state index contributed by atoms with van der Waals surface area (Å²) in [7, 11) is 0. The second-order valence-electron chi connectivity index (χ2n) is 7.70. The molecule has 2 N–H and O–H groups in total. The average molecular weight is 524 g/mol. The Labute approximate surface area is 207 Å². The highest BCUT2D eigenvalue weighted by Crippen LogP contribution is 2.24. The Hall–Kier alpha value is -3.59. The van der Waals surface area contributed by atoms with Gasteiger partial charge in [-0.25, -0.2) is 9.78 Å². The van der Waals surface area contributed by atoms with E-state index in [1.165, 1.54) is 0 Å². The van der Waals surface area contributed by atoms with Crippen LogP contribution in [-0.4, -0.2) is 54.6 Å². The smallest absolute Gasteiger partial charge is 0.323 e. The SMILES string of the molecule is CCOc1ccccc1NC(=O)Nc1ccc(N2CCN(C(=O)c3ccc(Br)cc3)CC2)nc1. The molecule has 1 aliphatic rings. The second-order valence-corrected chi connectivity index (χ2v) is 8.62. The standard InChI is InChI=1S/C25H26BrN5O3/c1-2-34-22-6-4-3-5-21(22)29-25(33)28-20-11-12-23(27-17-20)30-13-15-31(16-14-30)24(32)18-7-9-19(26)10-8-18/h3-12,17H,2,13-16H2,1H3,(H2,28,29,33). The van der Waals surface area contributed by atoms with Crippen LogP contribution in [0.1, 0.15) is 17.3 Å². The molecule has 1 aromatic heterocycles. The minimum absolute atomic E-state index is 0.0385. The van der Waals surface area contributed by atoms with Gasteiger partial charge in [-0.2, -0.15) is 0 Å². The number of urea groups is 1. The Morgan fingerprint density at radius 3 is 2.38 bits per heavy atom. The molecule has 4 rings (SSSR count). The molecular weight excluding hydrogens is 498 g/mol. The largest absolute Gasteiger partial charge is 0.492 e. The van der Waals surface area contributed by atoms with Crippen molar-refractivity contribution in [3.63, 3.8) is 0 Å². The van der Waals surface area contributed by atoms with Gasteiger partial charge >= 0.3 is 6.03 Å². The molecule has 176 valence electrons. The van der Waals surface area contributed by atoms with Crippen molar-refractivity contribution in [1.82, 2.24) is 9.88 Å². The van der Waals surface area contributed by atoms with E-state index in [2.05, 4.69) is 36.4 Å². The first-order chi connectivity index (χ1) is 16.5. The quantitative estimate of drug-likeness (QED) is 0.482. The van der Waals surface area contributed by atoms with Gasteiger partial charge in [0.1, 0.15) is 11.6 Å². The molecule has 9 heteroatoms. The highest BCUT2D eigenvalue weighted by molar-refractivity contribution is 9.10. The number of aromatic nitrogens is 1. The van der Waals surface area contributed by atoms with Crippen LogP contribution in [0.15, 0.2) is 71.3 Å². The minimum Gasteiger partial charge on any atom is -0.492 e. The van der Waals surface area contributed by atoms with Gasteiger partial charge in [0, 0.05) is 36.2 Å². The maximum Gasteiger partial charge on any atom is 0.323 e. The number of carbonyl (C=O) groups is 2. The number of halogens is 1. The number of para-hydroxylation sites is 2. The van der Waals surface area contributed by atoms with Crippen LogP contribution < -0.4 is 20.3 Å². The van der Waals surface area contributed by atoms with E-state index in [0.717, 1.165) is 10.3 Å². The van der Waals surface area contributed by atoms with Crippen molar-refractivity contribution in [3.8, 4) is 5.75 Å². The lowest BCUT2D eigenvalue weighted by atomic mass is 10.2. The summed E-state index contributed by atoms with van der Waals surface area (Å²) >= 11 is 3.40. The normalized spacial score (nSPS) is 13.4. The fourth-order valence-corrected chi connectivity index (χ4v) is 3.96. The van der Waals surface area contributed by atoms with E-state index in [4.69, 9.17) is 4.74 Å². The molecule has 0 bridgehead atoms. The number of rotatable bonds is 6. The average Bonchev–Trinajstić information content (AvgIpc) is 2.86. The molecule has 3 amide bonds. The zero-order valence-corrected chi connectivity index (χ0v) is 20.4. The number of benzene rings is 2. The van der Waals surface area contributed by atoms with Crippen LogP contribution in [0.5, 0.6) is 5.75 Å². The molecule has 2 aromatic carbocycles. The lowest BCUT2D eigenvalue weighted by molar-refractivity contribution is 0.0746. The Kier molecular flexibility index (Phi) is 7.64.